The summed E-state index contributed by atoms with van der Waals surface area (Å²) in [5.74, 6) is 0.799. The first-order valence-electron chi connectivity index (χ1n) is 5.85. The molecule has 0 amide bonds. The van der Waals surface area contributed by atoms with Crippen LogP contribution < -0.4 is 10.5 Å². The maximum absolute atomic E-state index is 5.70. The summed E-state index contributed by atoms with van der Waals surface area (Å²) in [7, 11) is 0. The van der Waals surface area contributed by atoms with E-state index in [4.69, 9.17) is 10.5 Å². The fourth-order valence-electron chi connectivity index (χ4n) is 1.88. The highest BCUT2D eigenvalue weighted by Crippen LogP contribution is 2.20. The van der Waals surface area contributed by atoms with Gasteiger partial charge >= 0.3 is 0 Å². The summed E-state index contributed by atoms with van der Waals surface area (Å²) >= 11 is 0. The molecule has 1 aromatic carbocycles. The molecule has 0 unspecified atom stereocenters. The number of aromatic nitrogens is 3. The Balaban J connectivity index is 1.88. The predicted octanol–water partition coefficient (Wildman–Crippen LogP) is 2.19. The van der Waals surface area contributed by atoms with E-state index in [9.17, 15) is 0 Å². The normalized spacial score (nSPS) is 10.5. The van der Waals surface area contributed by atoms with Gasteiger partial charge in [-0.15, -0.1) is 0 Å². The van der Waals surface area contributed by atoms with Gasteiger partial charge in [-0.25, -0.2) is 9.97 Å². The van der Waals surface area contributed by atoms with E-state index in [1.165, 1.54) is 6.33 Å². The summed E-state index contributed by atoms with van der Waals surface area (Å²) in [6, 6.07) is 10.0. The molecule has 0 radical (unpaired) electrons. The third-order valence-corrected chi connectivity index (χ3v) is 2.83. The zero-order valence-corrected chi connectivity index (χ0v) is 10.2. The van der Waals surface area contributed by atoms with E-state index in [1.54, 1.807) is 12.4 Å². The maximum Gasteiger partial charge on any atom is 0.180 e. The van der Waals surface area contributed by atoms with E-state index < -0.39 is 0 Å². The van der Waals surface area contributed by atoms with Gasteiger partial charge in [0.25, 0.3) is 0 Å². The van der Waals surface area contributed by atoms with E-state index in [0.717, 1.165) is 16.5 Å². The summed E-state index contributed by atoms with van der Waals surface area (Å²) in [4.78, 5) is 12.1. The smallest absolute Gasteiger partial charge is 0.180 e. The summed E-state index contributed by atoms with van der Waals surface area (Å²) in [5.41, 5.74) is 6.56. The van der Waals surface area contributed by atoms with Gasteiger partial charge in [-0.1, -0.05) is 24.3 Å². The number of fused-ring (bicyclic) bond motifs is 1. The van der Waals surface area contributed by atoms with Gasteiger partial charge in [0.2, 0.25) is 0 Å². The molecule has 2 aromatic heterocycles. The van der Waals surface area contributed by atoms with Crippen LogP contribution in [0.2, 0.25) is 0 Å². The fraction of sp³-hybridized carbons (Fsp3) is 0.0714. The standard InChI is InChI=1S/C14H12N4O/c15-14-13(7-16-9-18-14)19-8-12-11-4-2-1-3-10(11)5-6-17-12/h1-7,9H,8H2,(H2,15,16,18). The second-order valence-electron chi connectivity index (χ2n) is 4.04. The lowest BCUT2D eigenvalue weighted by atomic mass is 10.1. The minimum absolute atomic E-state index is 0.329. The van der Waals surface area contributed by atoms with Gasteiger partial charge in [0.1, 0.15) is 12.9 Å². The topological polar surface area (TPSA) is 73.9 Å². The third kappa shape index (κ3) is 2.30. The minimum Gasteiger partial charge on any atom is -0.482 e. The number of hydrogen-bond acceptors (Lipinski definition) is 5. The second-order valence-corrected chi connectivity index (χ2v) is 4.04. The third-order valence-electron chi connectivity index (χ3n) is 2.83. The molecular formula is C14H12N4O. The van der Waals surface area contributed by atoms with Crippen molar-refractivity contribution in [3.63, 3.8) is 0 Å². The zero-order chi connectivity index (χ0) is 13.1. The Kier molecular flexibility index (Phi) is 2.94. The Labute approximate surface area is 110 Å². The van der Waals surface area contributed by atoms with Gasteiger partial charge in [-0.2, -0.15) is 0 Å². The largest absolute Gasteiger partial charge is 0.482 e. The van der Waals surface area contributed by atoms with Crippen molar-refractivity contribution in [2.45, 2.75) is 6.61 Å². The fourth-order valence-corrected chi connectivity index (χ4v) is 1.88. The van der Waals surface area contributed by atoms with E-state index in [2.05, 4.69) is 15.0 Å². The molecule has 2 heterocycles. The molecular weight excluding hydrogens is 240 g/mol. The Morgan fingerprint density at radius 1 is 1.11 bits per heavy atom. The van der Waals surface area contributed by atoms with Crippen molar-refractivity contribution in [1.82, 2.24) is 15.0 Å². The number of benzene rings is 1. The Morgan fingerprint density at radius 3 is 2.89 bits per heavy atom. The molecule has 0 aliphatic heterocycles. The molecule has 5 heteroatoms. The molecule has 0 aliphatic carbocycles. The second kappa shape index (κ2) is 4.89. The quantitative estimate of drug-likeness (QED) is 0.773. The molecule has 0 bridgehead atoms. The van der Waals surface area contributed by atoms with Gasteiger partial charge in [0.05, 0.1) is 11.9 Å². The predicted molar refractivity (Wildman–Crippen MR) is 72.5 cm³/mol. The lowest BCUT2D eigenvalue weighted by Gasteiger charge is -2.08. The van der Waals surface area contributed by atoms with Crippen LogP contribution in [-0.4, -0.2) is 15.0 Å². The molecule has 0 fully saturated rings. The first-order valence-corrected chi connectivity index (χ1v) is 5.85. The number of ether oxygens (including phenoxy) is 1. The minimum atomic E-state index is 0.329. The van der Waals surface area contributed by atoms with Crippen LogP contribution in [-0.2, 0) is 6.61 Å². The van der Waals surface area contributed by atoms with E-state index in [1.807, 2.05) is 30.3 Å². The molecule has 3 rings (SSSR count). The van der Waals surface area contributed by atoms with Crippen LogP contribution in [0.4, 0.5) is 5.82 Å². The molecule has 2 N–H and O–H groups in total. The van der Waals surface area contributed by atoms with Crippen molar-refractivity contribution in [2.75, 3.05) is 5.73 Å². The lowest BCUT2D eigenvalue weighted by molar-refractivity contribution is 0.302. The highest BCUT2D eigenvalue weighted by Gasteiger charge is 2.05. The Hall–Kier alpha value is -2.69. The van der Waals surface area contributed by atoms with Crippen LogP contribution >= 0.6 is 0 Å². The van der Waals surface area contributed by atoms with Crippen LogP contribution in [0.25, 0.3) is 10.8 Å². The molecule has 0 atom stereocenters. The first kappa shape index (κ1) is 11.4. The highest BCUT2D eigenvalue weighted by atomic mass is 16.5. The number of rotatable bonds is 3. The highest BCUT2D eigenvalue weighted by molar-refractivity contribution is 5.84. The van der Waals surface area contributed by atoms with Crippen LogP contribution in [0.5, 0.6) is 5.75 Å². The van der Waals surface area contributed by atoms with E-state index >= 15 is 0 Å². The maximum atomic E-state index is 5.70. The first-order chi connectivity index (χ1) is 9.34. The zero-order valence-electron chi connectivity index (χ0n) is 10.2. The van der Waals surface area contributed by atoms with Crippen LogP contribution in [0.3, 0.4) is 0 Å². The summed E-state index contributed by atoms with van der Waals surface area (Å²) in [5, 5.41) is 2.20. The van der Waals surface area contributed by atoms with Gasteiger partial charge in [0, 0.05) is 11.6 Å². The molecule has 3 aromatic rings. The molecule has 5 nitrogen and oxygen atoms in total. The SMILES string of the molecule is Nc1ncncc1OCc1nccc2ccccc12. The summed E-state index contributed by atoms with van der Waals surface area (Å²) in [6.45, 7) is 0.332. The number of pyridine rings is 1. The number of nitrogens with two attached hydrogens (primary N) is 1. The van der Waals surface area contributed by atoms with Crippen LogP contribution in [0.15, 0.2) is 49.1 Å². The number of nitrogens with zero attached hydrogens (tertiary/aromatic N) is 3. The molecule has 94 valence electrons. The number of anilines is 1. The lowest BCUT2D eigenvalue weighted by Crippen LogP contribution is -2.02. The van der Waals surface area contributed by atoms with E-state index in [0.29, 0.717) is 18.2 Å². The van der Waals surface area contributed by atoms with Crippen molar-refractivity contribution in [1.29, 1.82) is 0 Å². The number of nitrogen functional groups attached to an aromatic ring is 1. The van der Waals surface area contributed by atoms with E-state index in [-0.39, 0.29) is 0 Å². The van der Waals surface area contributed by atoms with Crippen LogP contribution in [0, 0.1) is 0 Å². The van der Waals surface area contributed by atoms with Crippen molar-refractivity contribution >= 4 is 16.6 Å². The van der Waals surface area contributed by atoms with Crippen molar-refractivity contribution in [2.24, 2.45) is 0 Å². The molecule has 0 spiro atoms. The monoisotopic (exact) mass is 252 g/mol. The average molecular weight is 252 g/mol. The summed E-state index contributed by atoms with van der Waals surface area (Å²) in [6.07, 6.45) is 4.71. The molecule has 0 saturated carbocycles. The molecule has 0 saturated heterocycles. The Morgan fingerprint density at radius 2 is 2.00 bits per heavy atom. The van der Waals surface area contributed by atoms with Gasteiger partial charge in [-0.3, -0.25) is 4.98 Å². The van der Waals surface area contributed by atoms with Crippen molar-refractivity contribution < 1.29 is 4.74 Å². The average Bonchev–Trinajstić information content (AvgIpc) is 2.46. The van der Waals surface area contributed by atoms with Crippen LogP contribution in [0.1, 0.15) is 5.69 Å². The molecule has 0 aliphatic rings. The Bertz CT molecular complexity index is 709. The van der Waals surface area contributed by atoms with Gasteiger partial charge in [0.15, 0.2) is 11.6 Å². The van der Waals surface area contributed by atoms with Gasteiger partial charge < -0.3 is 10.5 Å². The van der Waals surface area contributed by atoms with Gasteiger partial charge in [-0.05, 0) is 11.5 Å². The molecule has 19 heavy (non-hydrogen) atoms. The summed E-state index contributed by atoms with van der Waals surface area (Å²) < 4.78 is 5.62. The van der Waals surface area contributed by atoms with Crippen molar-refractivity contribution in [3.8, 4) is 5.75 Å². The number of hydrogen-bond donors (Lipinski definition) is 1. The van der Waals surface area contributed by atoms with Crippen molar-refractivity contribution in [3.05, 3.63) is 54.7 Å².